The molecule has 6 nitrogen and oxygen atoms in total. The molecule has 0 atom stereocenters. The van der Waals surface area contributed by atoms with Crippen LogP contribution in [0.2, 0.25) is 5.02 Å². The third-order valence-corrected chi connectivity index (χ3v) is 4.57. The molecule has 8 heteroatoms. The van der Waals surface area contributed by atoms with E-state index in [0.29, 0.717) is 40.9 Å². The number of amides is 1. The lowest BCUT2D eigenvalue weighted by Crippen LogP contribution is -2.30. The van der Waals surface area contributed by atoms with Crippen LogP contribution in [0.15, 0.2) is 40.9 Å². The van der Waals surface area contributed by atoms with Crippen molar-refractivity contribution in [3.05, 3.63) is 57.0 Å². The maximum atomic E-state index is 12.0. The van der Waals surface area contributed by atoms with Crippen LogP contribution in [0.1, 0.15) is 22.3 Å². The second kappa shape index (κ2) is 9.10. The highest BCUT2D eigenvalue weighted by Crippen LogP contribution is 2.38. The van der Waals surface area contributed by atoms with E-state index in [4.69, 9.17) is 25.8 Å². The van der Waals surface area contributed by atoms with E-state index in [1.54, 1.807) is 36.4 Å². The van der Waals surface area contributed by atoms with Gasteiger partial charge in [-0.25, -0.2) is 0 Å². The predicted molar refractivity (Wildman–Crippen MR) is 103 cm³/mol. The molecule has 0 unspecified atom stereocenters. The molecule has 1 amide bonds. The van der Waals surface area contributed by atoms with Gasteiger partial charge in [0.15, 0.2) is 11.5 Å². The Morgan fingerprint density at radius 1 is 1.15 bits per heavy atom. The number of hydrogen-bond donors (Lipinski definition) is 1. The molecule has 1 aliphatic heterocycles. The van der Waals surface area contributed by atoms with Crippen molar-refractivity contribution in [3.63, 3.8) is 0 Å². The lowest BCUT2D eigenvalue weighted by Gasteiger charge is -2.12. The molecular weight excluding hydrogens is 438 g/mol. The first-order chi connectivity index (χ1) is 13.0. The van der Waals surface area contributed by atoms with Crippen LogP contribution in [0.4, 0.5) is 0 Å². The zero-order chi connectivity index (χ0) is 19.2. The number of hydrogen-bond acceptors (Lipinski definition) is 5. The third-order valence-electron chi connectivity index (χ3n) is 3.76. The minimum Gasteiger partial charge on any atom is -0.489 e. The quantitative estimate of drug-likeness (QED) is 0.697. The molecule has 27 heavy (non-hydrogen) atoms. The van der Waals surface area contributed by atoms with E-state index in [0.717, 1.165) is 10.9 Å². The Balaban J connectivity index is 1.52. The fraction of sp³-hybridized carbons (Fsp3) is 0.263. The van der Waals surface area contributed by atoms with Crippen LogP contribution in [-0.4, -0.2) is 31.6 Å². The van der Waals surface area contributed by atoms with Gasteiger partial charge in [-0.3, -0.25) is 9.59 Å². The number of benzene rings is 2. The van der Waals surface area contributed by atoms with E-state index in [1.165, 1.54) is 0 Å². The van der Waals surface area contributed by atoms with E-state index in [2.05, 4.69) is 21.2 Å². The zero-order valence-electron chi connectivity index (χ0n) is 14.3. The lowest BCUT2D eigenvalue weighted by molar-refractivity contribution is -0.143. The van der Waals surface area contributed by atoms with E-state index in [9.17, 15) is 9.59 Å². The summed E-state index contributed by atoms with van der Waals surface area (Å²) in [6.45, 7) is 0.865. The molecule has 1 aliphatic rings. The fourth-order valence-electron chi connectivity index (χ4n) is 2.44. The average Bonchev–Trinajstić information content (AvgIpc) is 2.91. The molecule has 0 aromatic heterocycles. The van der Waals surface area contributed by atoms with Crippen LogP contribution in [0, 0.1) is 0 Å². The van der Waals surface area contributed by atoms with Gasteiger partial charge in [0.05, 0.1) is 18.2 Å². The van der Waals surface area contributed by atoms with Crippen molar-refractivity contribution < 1.29 is 23.8 Å². The van der Waals surface area contributed by atoms with Gasteiger partial charge in [-0.05, 0) is 42.0 Å². The van der Waals surface area contributed by atoms with Gasteiger partial charge in [-0.15, -0.1) is 0 Å². The molecule has 3 rings (SSSR count). The van der Waals surface area contributed by atoms with E-state index in [-0.39, 0.29) is 19.1 Å². The summed E-state index contributed by atoms with van der Waals surface area (Å²) < 4.78 is 17.2. The van der Waals surface area contributed by atoms with Gasteiger partial charge < -0.3 is 19.5 Å². The van der Waals surface area contributed by atoms with Gasteiger partial charge >= 0.3 is 5.97 Å². The van der Waals surface area contributed by atoms with Crippen molar-refractivity contribution in [2.45, 2.75) is 13.0 Å². The SMILES string of the molecule is O=C(CNC(=O)c1ccc(Br)cc1)OCc1cc(Cl)c2c(c1)OCCCO2. The molecule has 1 heterocycles. The maximum absolute atomic E-state index is 12.0. The summed E-state index contributed by atoms with van der Waals surface area (Å²) in [7, 11) is 0. The van der Waals surface area contributed by atoms with E-state index >= 15 is 0 Å². The predicted octanol–water partition coefficient (Wildman–Crippen LogP) is 3.74. The molecule has 0 radical (unpaired) electrons. The Labute approximate surface area is 169 Å². The van der Waals surface area contributed by atoms with E-state index < -0.39 is 5.97 Å². The molecule has 1 N–H and O–H groups in total. The fourth-order valence-corrected chi connectivity index (χ4v) is 2.99. The third kappa shape index (κ3) is 5.37. The minimum absolute atomic E-state index is 0.0172. The Hall–Kier alpha value is -2.25. The van der Waals surface area contributed by atoms with Crippen molar-refractivity contribution in [3.8, 4) is 11.5 Å². The number of nitrogens with one attached hydrogen (secondary N) is 1. The van der Waals surface area contributed by atoms with Crippen LogP contribution < -0.4 is 14.8 Å². The van der Waals surface area contributed by atoms with Crippen molar-refractivity contribution in [2.24, 2.45) is 0 Å². The number of carbonyl (C=O) groups excluding carboxylic acids is 2. The number of rotatable bonds is 5. The number of carbonyl (C=O) groups is 2. The van der Waals surface area contributed by atoms with Gasteiger partial charge in [0.1, 0.15) is 13.2 Å². The highest BCUT2D eigenvalue weighted by atomic mass is 79.9. The summed E-state index contributed by atoms with van der Waals surface area (Å²) in [5, 5.41) is 2.93. The van der Waals surface area contributed by atoms with Crippen LogP contribution in [0.25, 0.3) is 0 Å². The molecule has 2 aromatic carbocycles. The molecule has 142 valence electrons. The highest BCUT2D eigenvalue weighted by molar-refractivity contribution is 9.10. The van der Waals surface area contributed by atoms with Gasteiger partial charge in [-0.2, -0.15) is 0 Å². The molecule has 0 saturated heterocycles. The zero-order valence-corrected chi connectivity index (χ0v) is 16.6. The average molecular weight is 455 g/mol. The number of fused-ring (bicyclic) bond motifs is 1. The summed E-state index contributed by atoms with van der Waals surface area (Å²) in [5.41, 5.74) is 1.14. The molecule has 0 fully saturated rings. The topological polar surface area (TPSA) is 73.9 Å². The van der Waals surface area contributed by atoms with Crippen molar-refractivity contribution in [1.29, 1.82) is 0 Å². The van der Waals surface area contributed by atoms with Crippen LogP contribution in [-0.2, 0) is 16.1 Å². The molecule has 0 bridgehead atoms. The van der Waals surface area contributed by atoms with Crippen LogP contribution in [0.5, 0.6) is 11.5 Å². The Kier molecular flexibility index (Phi) is 6.58. The van der Waals surface area contributed by atoms with Crippen molar-refractivity contribution >= 4 is 39.4 Å². The minimum atomic E-state index is -0.552. The van der Waals surface area contributed by atoms with Gasteiger partial charge in [0, 0.05) is 16.5 Å². The summed E-state index contributed by atoms with van der Waals surface area (Å²) in [6.07, 6.45) is 0.771. The molecule has 0 saturated carbocycles. The molecule has 0 aliphatic carbocycles. The van der Waals surface area contributed by atoms with Gasteiger partial charge in [0.2, 0.25) is 0 Å². The lowest BCUT2D eigenvalue weighted by atomic mass is 10.2. The first-order valence-corrected chi connectivity index (χ1v) is 9.47. The van der Waals surface area contributed by atoms with Gasteiger partial charge in [-0.1, -0.05) is 27.5 Å². The van der Waals surface area contributed by atoms with Crippen LogP contribution >= 0.6 is 27.5 Å². The Bertz CT molecular complexity index is 841. The molecular formula is C19H17BrClNO5. The Morgan fingerprint density at radius 3 is 2.67 bits per heavy atom. The standard InChI is InChI=1S/C19H17BrClNO5/c20-14-4-2-13(3-5-14)19(24)22-10-17(23)27-11-12-8-15(21)18-16(9-12)25-6-1-7-26-18/h2-5,8-9H,1,6-7,10-11H2,(H,22,24). The van der Waals surface area contributed by atoms with Crippen molar-refractivity contribution in [2.75, 3.05) is 19.8 Å². The summed E-state index contributed by atoms with van der Waals surface area (Å²) in [6, 6.07) is 10.2. The van der Waals surface area contributed by atoms with E-state index in [1.807, 2.05) is 0 Å². The Morgan fingerprint density at radius 2 is 1.89 bits per heavy atom. The monoisotopic (exact) mass is 453 g/mol. The van der Waals surface area contributed by atoms with Crippen LogP contribution in [0.3, 0.4) is 0 Å². The number of ether oxygens (including phenoxy) is 3. The molecule has 0 spiro atoms. The van der Waals surface area contributed by atoms with Crippen molar-refractivity contribution in [1.82, 2.24) is 5.32 Å². The maximum Gasteiger partial charge on any atom is 0.325 e. The smallest absolute Gasteiger partial charge is 0.325 e. The van der Waals surface area contributed by atoms with Gasteiger partial charge in [0.25, 0.3) is 5.91 Å². The number of esters is 1. The highest BCUT2D eigenvalue weighted by Gasteiger charge is 2.16. The first kappa shape index (κ1) is 19.5. The number of halogens is 2. The summed E-state index contributed by atoms with van der Waals surface area (Å²) in [5.74, 6) is 0.141. The normalized spacial score (nSPS) is 12.8. The summed E-state index contributed by atoms with van der Waals surface area (Å²) >= 11 is 9.51. The second-order valence-corrected chi connectivity index (χ2v) is 7.13. The first-order valence-electron chi connectivity index (χ1n) is 8.30. The summed E-state index contributed by atoms with van der Waals surface area (Å²) in [4.78, 5) is 23.9. The largest absolute Gasteiger partial charge is 0.489 e. The second-order valence-electron chi connectivity index (χ2n) is 5.81. The molecule has 2 aromatic rings.